The maximum absolute atomic E-state index is 12.3. The number of carbonyl (C=O) groups excluding carboxylic acids is 1. The van der Waals surface area contributed by atoms with E-state index in [0.29, 0.717) is 18.1 Å². The van der Waals surface area contributed by atoms with E-state index in [9.17, 15) is 4.79 Å². The number of nitrogens with one attached hydrogen (secondary N) is 2. The summed E-state index contributed by atoms with van der Waals surface area (Å²) in [6.07, 6.45) is 3.07. The van der Waals surface area contributed by atoms with E-state index in [-0.39, 0.29) is 5.91 Å². The third kappa shape index (κ3) is 4.25. The Morgan fingerprint density at radius 2 is 1.69 bits per heavy atom. The predicted molar refractivity (Wildman–Crippen MR) is 104 cm³/mol. The minimum Gasteiger partial charge on any atom is -0.348 e. The number of rotatable bonds is 5. The van der Waals surface area contributed by atoms with Crippen LogP contribution in [0.2, 0.25) is 0 Å². The van der Waals surface area contributed by atoms with E-state index in [2.05, 4.69) is 26.7 Å². The van der Waals surface area contributed by atoms with E-state index >= 15 is 0 Å². The van der Waals surface area contributed by atoms with Crippen LogP contribution in [0.5, 0.6) is 0 Å². The van der Waals surface area contributed by atoms with E-state index < -0.39 is 0 Å². The van der Waals surface area contributed by atoms with Crippen molar-refractivity contribution >= 4 is 17.5 Å². The fourth-order valence-electron chi connectivity index (χ4n) is 2.59. The van der Waals surface area contributed by atoms with E-state index in [1.807, 2.05) is 57.2 Å². The van der Waals surface area contributed by atoms with Crippen molar-refractivity contribution in [2.45, 2.75) is 27.3 Å². The van der Waals surface area contributed by atoms with Gasteiger partial charge in [-0.2, -0.15) is 0 Å². The van der Waals surface area contributed by atoms with Crippen molar-refractivity contribution in [3.05, 3.63) is 82.7 Å². The smallest absolute Gasteiger partial charge is 0.254 e. The van der Waals surface area contributed by atoms with Crippen molar-refractivity contribution in [3.63, 3.8) is 0 Å². The third-order valence-electron chi connectivity index (χ3n) is 4.25. The molecule has 132 valence electrons. The number of anilines is 2. The lowest BCUT2D eigenvalue weighted by molar-refractivity contribution is 0.0950. The van der Waals surface area contributed by atoms with Crippen LogP contribution in [0.15, 0.2) is 54.9 Å². The van der Waals surface area contributed by atoms with Gasteiger partial charge in [-0.05, 0) is 49.1 Å². The van der Waals surface area contributed by atoms with E-state index in [4.69, 9.17) is 0 Å². The summed E-state index contributed by atoms with van der Waals surface area (Å²) >= 11 is 0. The molecule has 0 aliphatic carbocycles. The van der Waals surface area contributed by atoms with Crippen LogP contribution in [0.4, 0.5) is 11.6 Å². The molecule has 0 unspecified atom stereocenters. The summed E-state index contributed by atoms with van der Waals surface area (Å²) in [7, 11) is 0. The number of nitrogens with zero attached hydrogens (tertiary/aromatic N) is 2. The molecule has 5 nitrogen and oxygen atoms in total. The highest BCUT2D eigenvalue weighted by Crippen LogP contribution is 2.19. The molecule has 2 N–H and O–H groups in total. The van der Waals surface area contributed by atoms with Crippen LogP contribution in [-0.4, -0.2) is 15.9 Å². The normalized spacial score (nSPS) is 10.4. The van der Waals surface area contributed by atoms with Gasteiger partial charge in [0.2, 0.25) is 5.95 Å². The number of aromatic nitrogens is 2. The molecule has 3 aromatic rings. The van der Waals surface area contributed by atoms with Crippen LogP contribution in [0.1, 0.15) is 32.6 Å². The van der Waals surface area contributed by atoms with Crippen LogP contribution in [0, 0.1) is 20.8 Å². The van der Waals surface area contributed by atoms with Gasteiger partial charge in [-0.25, -0.2) is 9.97 Å². The van der Waals surface area contributed by atoms with Crippen molar-refractivity contribution in [3.8, 4) is 0 Å². The maximum atomic E-state index is 12.3. The molecule has 0 bridgehead atoms. The first kappa shape index (κ1) is 17.6. The van der Waals surface area contributed by atoms with Gasteiger partial charge in [0.05, 0.1) is 5.56 Å². The SMILES string of the molecule is Cc1ccc(C)c(Nc2ncc(C(=O)NCc3ccccc3C)cn2)c1. The largest absolute Gasteiger partial charge is 0.348 e. The summed E-state index contributed by atoms with van der Waals surface area (Å²) in [6, 6.07) is 14.1. The topological polar surface area (TPSA) is 66.9 Å². The lowest BCUT2D eigenvalue weighted by Crippen LogP contribution is -2.23. The van der Waals surface area contributed by atoms with E-state index in [0.717, 1.165) is 27.9 Å². The molecule has 1 heterocycles. The molecule has 0 spiro atoms. The lowest BCUT2D eigenvalue weighted by atomic mass is 10.1. The first-order valence-corrected chi connectivity index (χ1v) is 8.52. The van der Waals surface area contributed by atoms with Crippen LogP contribution in [-0.2, 0) is 6.54 Å². The summed E-state index contributed by atoms with van der Waals surface area (Å²) < 4.78 is 0. The fourth-order valence-corrected chi connectivity index (χ4v) is 2.59. The molecule has 26 heavy (non-hydrogen) atoms. The Bertz CT molecular complexity index is 920. The number of aryl methyl sites for hydroxylation is 3. The highest BCUT2D eigenvalue weighted by atomic mass is 16.1. The van der Waals surface area contributed by atoms with Crippen LogP contribution >= 0.6 is 0 Å². The molecule has 3 rings (SSSR count). The maximum Gasteiger partial charge on any atom is 0.254 e. The molecular weight excluding hydrogens is 324 g/mol. The highest BCUT2D eigenvalue weighted by Gasteiger charge is 2.08. The zero-order chi connectivity index (χ0) is 18.5. The zero-order valence-electron chi connectivity index (χ0n) is 15.2. The number of amides is 1. The molecule has 0 saturated heterocycles. The average Bonchev–Trinajstić information content (AvgIpc) is 2.64. The summed E-state index contributed by atoms with van der Waals surface area (Å²) in [5.74, 6) is 0.278. The second kappa shape index (κ2) is 7.78. The Kier molecular flexibility index (Phi) is 5.27. The first-order chi connectivity index (χ1) is 12.5. The molecule has 1 amide bonds. The third-order valence-corrected chi connectivity index (χ3v) is 4.25. The van der Waals surface area contributed by atoms with Crippen molar-refractivity contribution in [2.75, 3.05) is 5.32 Å². The van der Waals surface area contributed by atoms with Gasteiger partial charge in [0.25, 0.3) is 5.91 Å². The number of benzene rings is 2. The van der Waals surface area contributed by atoms with Crippen molar-refractivity contribution in [1.82, 2.24) is 15.3 Å². The number of carbonyl (C=O) groups is 1. The molecular formula is C21H22N4O. The highest BCUT2D eigenvalue weighted by molar-refractivity contribution is 5.93. The van der Waals surface area contributed by atoms with Gasteiger partial charge in [-0.1, -0.05) is 36.4 Å². The van der Waals surface area contributed by atoms with Crippen molar-refractivity contribution in [2.24, 2.45) is 0 Å². The quantitative estimate of drug-likeness (QED) is 0.731. The van der Waals surface area contributed by atoms with Crippen molar-refractivity contribution < 1.29 is 4.79 Å². The second-order valence-corrected chi connectivity index (χ2v) is 6.35. The summed E-state index contributed by atoms with van der Waals surface area (Å²) in [5, 5.41) is 6.09. The van der Waals surface area contributed by atoms with Crippen LogP contribution in [0.25, 0.3) is 0 Å². The summed E-state index contributed by atoms with van der Waals surface area (Å²) in [4.78, 5) is 20.8. The Morgan fingerprint density at radius 3 is 2.42 bits per heavy atom. The van der Waals surface area contributed by atoms with Crippen LogP contribution in [0.3, 0.4) is 0 Å². The molecule has 5 heteroatoms. The lowest BCUT2D eigenvalue weighted by Gasteiger charge is -2.10. The first-order valence-electron chi connectivity index (χ1n) is 8.52. The van der Waals surface area contributed by atoms with Crippen LogP contribution < -0.4 is 10.6 Å². The minimum absolute atomic E-state index is 0.188. The van der Waals surface area contributed by atoms with E-state index in [1.165, 1.54) is 12.4 Å². The average molecular weight is 346 g/mol. The van der Waals surface area contributed by atoms with Gasteiger partial charge in [0.1, 0.15) is 0 Å². The van der Waals surface area contributed by atoms with Gasteiger partial charge < -0.3 is 10.6 Å². The molecule has 0 aliphatic heterocycles. The zero-order valence-corrected chi connectivity index (χ0v) is 15.2. The number of hydrogen-bond acceptors (Lipinski definition) is 4. The predicted octanol–water partition coefficient (Wildman–Crippen LogP) is 4.08. The Labute approximate surface area is 153 Å². The second-order valence-electron chi connectivity index (χ2n) is 6.35. The van der Waals surface area contributed by atoms with Gasteiger partial charge in [-0.15, -0.1) is 0 Å². The molecule has 0 atom stereocenters. The molecule has 0 aliphatic rings. The monoisotopic (exact) mass is 346 g/mol. The van der Waals surface area contributed by atoms with Gasteiger partial charge >= 0.3 is 0 Å². The van der Waals surface area contributed by atoms with Gasteiger partial charge in [-0.3, -0.25) is 4.79 Å². The number of hydrogen-bond donors (Lipinski definition) is 2. The standard InChI is InChI=1S/C21H22N4O/c1-14-8-9-16(3)19(10-14)25-21-23-12-18(13-24-21)20(26)22-11-17-7-5-4-6-15(17)2/h4-10,12-13H,11H2,1-3H3,(H,22,26)(H,23,24,25). The van der Waals surface area contributed by atoms with Gasteiger partial charge in [0.15, 0.2) is 0 Å². The molecule has 1 aromatic heterocycles. The summed E-state index contributed by atoms with van der Waals surface area (Å²) in [5.41, 5.74) is 5.91. The Balaban J connectivity index is 1.64. The Morgan fingerprint density at radius 1 is 0.962 bits per heavy atom. The molecule has 0 fully saturated rings. The molecule has 0 saturated carbocycles. The Hall–Kier alpha value is -3.21. The summed E-state index contributed by atoms with van der Waals surface area (Å²) in [6.45, 7) is 6.56. The molecule has 2 aromatic carbocycles. The fraction of sp³-hybridized carbons (Fsp3) is 0.190. The van der Waals surface area contributed by atoms with Gasteiger partial charge in [0, 0.05) is 24.6 Å². The van der Waals surface area contributed by atoms with E-state index in [1.54, 1.807) is 0 Å². The van der Waals surface area contributed by atoms with Crippen molar-refractivity contribution in [1.29, 1.82) is 0 Å². The molecule has 0 radical (unpaired) electrons. The minimum atomic E-state index is -0.188.